The molecule has 1 saturated heterocycles. The number of fused-ring (bicyclic) bond motifs is 1. The quantitative estimate of drug-likeness (QED) is 0.473. The minimum Gasteiger partial charge on any atom is -0.355 e. The zero-order chi connectivity index (χ0) is 22.5. The number of nitrogens with one attached hydrogen (secondary N) is 2. The summed E-state index contributed by atoms with van der Waals surface area (Å²) in [6, 6.07) is 17.7. The van der Waals surface area contributed by atoms with Crippen molar-refractivity contribution in [3.63, 3.8) is 0 Å². The Morgan fingerprint density at radius 1 is 1.00 bits per heavy atom. The van der Waals surface area contributed by atoms with Crippen LogP contribution in [0.15, 0.2) is 73.2 Å². The summed E-state index contributed by atoms with van der Waals surface area (Å²) in [6.45, 7) is 2.08. The van der Waals surface area contributed by atoms with E-state index in [1.54, 1.807) is 18.6 Å². The first-order chi connectivity index (χ1) is 16.2. The summed E-state index contributed by atoms with van der Waals surface area (Å²) in [6.07, 6.45) is 6.89. The average molecular weight is 440 g/mol. The smallest absolute Gasteiger partial charge is 0.223 e. The molecule has 4 heterocycles. The third-order valence-electron chi connectivity index (χ3n) is 5.91. The Balaban J connectivity index is 1.14. The molecule has 0 atom stereocenters. The van der Waals surface area contributed by atoms with Crippen LogP contribution in [0.5, 0.6) is 0 Å². The zero-order valence-corrected chi connectivity index (χ0v) is 18.2. The second-order valence-corrected chi connectivity index (χ2v) is 8.15. The van der Waals surface area contributed by atoms with Gasteiger partial charge in [-0.15, -0.1) is 10.2 Å². The summed E-state index contributed by atoms with van der Waals surface area (Å²) >= 11 is 0. The number of anilines is 3. The Hall–Kier alpha value is -4.07. The van der Waals surface area contributed by atoms with E-state index in [1.807, 2.05) is 54.6 Å². The third kappa shape index (κ3) is 5.06. The normalized spacial score (nSPS) is 14.2. The number of pyridine rings is 2. The maximum absolute atomic E-state index is 12.5. The maximum atomic E-state index is 12.5. The molecule has 0 saturated carbocycles. The summed E-state index contributed by atoms with van der Waals surface area (Å²) in [7, 11) is 0. The lowest BCUT2D eigenvalue weighted by Crippen LogP contribution is -2.40. The predicted octanol–water partition coefficient (Wildman–Crippen LogP) is 3.70. The second-order valence-electron chi connectivity index (χ2n) is 8.15. The first kappa shape index (κ1) is 20.8. The lowest BCUT2D eigenvalue weighted by molar-refractivity contribution is -0.125. The molecule has 4 aromatic rings. The van der Waals surface area contributed by atoms with E-state index in [-0.39, 0.29) is 11.8 Å². The van der Waals surface area contributed by atoms with Crippen LogP contribution in [0.4, 0.5) is 17.3 Å². The molecule has 0 aliphatic carbocycles. The lowest BCUT2D eigenvalue weighted by Gasteiger charge is -2.31. The topological polar surface area (TPSA) is 95.9 Å². The molecule has 5 rings (SSSR count). The minimum absolute atomic E-state index is 0.0224. The first-order valence-electron chi connectivity index (χ1n) is 11.1. The van der Waals surface area contributed by atoms with Gasteiger partial charge < -0.3 is 15.5 Å². The van der Waals surface area contributed by atoms with Gasteiger partial charge in [-0.1, -0.05) is 12.1 Å². The summed E-state index contributed by atoms with van der Waals surface area (Å²) in [5, 5.41) is 16.1. The summed E-state index contributed by atoms with van der Waals surface area (Å²) in [4.78, 5) is 23.1. The predicted molar refractivity (Wildman–Crippen MR) is 128 cm³/mol. The van der Waals surface area contributed by atoms with Crippen LogP contribution in [0, 0.1) is 5.92 Å². The molecular weight excluding hydrogens is 414 g/mol. The fourth-order valence-electron chi connectivity index (χ4n) is 4.07. The summed E-state index contributed by atoms with van der Waals surface area (Å²) < 4.78 is 0. The maximum Gasteiger partial charge on any atom is 0.223 e. The SMILES string of the molecule is O=C(NCc1cccnc1)C1CCN(c2ccc(Nc3ccc4ncccc4c3)nn2)CC1. The van der Waals surface area contributed by atoms with Gasteiger partial charge in [-0.05, 0) is 60.9 Å². The molecule has 1 aliphatic heterocycles. The second kappa shape index (κ2) is 9.60. The number of hydrogen-bond acceptors (Lipinski definition) is 7. The number of amides is 1. The number of aromatic nitrogens is 4. The van der Waals surface area contributed by atoms with Crippen molar-refractivity contribution in [2.24, 2.45) is 5.92 Å². The highest BCUT2D eigenvalue weighted by atomic mass is 16.1. The van der Waals surface area contributed by atoms with Gasteiger partial charge in [0.05, 0.1) is 5.52 Å². The van der Waals surface area contributed by atoms with Gasteiger partial charge in [-0.3, -0.25) is 14.8 Å². The molecule has 1 amide bonds. The van der Waals surface area contributed by atoms with Crippen molar-refractivity contribution in [3.05, 3.63) is 78.8 Å². The van der Waals surface area contributed by atoms with E-state index < -0.39 is 0 Å². The number of nitrogens with zero attached hydrogens (tertiary/aromatic N) is 5. The lowest BCUT2D eigenvalue weighted by atomic mass is 9.96. The largest absolute Gasteiger partial charge is 0.355 e. The highest BCUT2D eigenvalue weighted by Gasteiger charge is 2.25. The van der Waals surface area contributed by atoms with E-state index in [1.165, 1.54) is 0 Å². The van der Waals surface area contributed by atoms with E-state index in [0.29, 0.717) is 12.4 Å². The van der Waals surface area contributed by atoms with Crippen LogP contribution in [0.1, 0.15) is 18.4 Å². The Morgan fingerprint density at radius 2 is 1.88 bits per heavy atom. The van der Waals surface area contributed by atoms with Crippen LogP contribution in [0.25, 0.3) is 10.9 Å². The Labute approximate surface area is 192 Å². The molecule has 2 N–H and O–H groups in total. The van der Waals surface area contributed by atoms with Crippen molar-refractivity contribution in [1.29, 1.82) is 0 Å². The number of carbonyl (C=O) groups excluding carboxylic acids is 1. The van der Waals surface area contributed by atoms with Crippen molar-refractivity contribution < 1.29 is 4.79 Å². The van der Waals surface area contributed by atoms with Gasteiger partial charge in [0.2, 0.25) is 5.91 Å². The Bertz CT molecular complexity index is 1220. The molecular formula is C25H25N7O. The number of piperidine rings is 1. The first-order valence-corrected chi connectivity index (χ1v) is 11.1. The molecule has 0 spiro atoms. The van der Waals surface area contributed by atoms with Crippen LogP contribution >= 0.6 is 0 Å². The number of carbonyl (C=O) groups is 1. The summed E-state index contributed by atoms with van der Waals surface area (Å²) in [5.74, 6) is 1.65. The molecule has 166 valence electrons. The van der Waals surface area contributed by atoms with Gasteiger partial charge in [-0.25, -0.2) is 0 Å². The molecule has 0 unspecified atom stereocenters. The van der Waals surface area contributed by atoms with Gasteiger partial charge in [0.1, 0.15) is 0 Å². The Morgan fingerprint density at radius 3 is 2.67 bits per heavy atom. The zero-order valence-electron chi connectivity index (χ0n) is 18.2. The van der Waals surface area contributed by atoms with Crippen molar-refractivity contribution in [3.8, 4) is 0 Å². The van der Waals surface area contributed by atoms with Gasteiger partial charge in [0, 0.05) is 55.2 Å². The highest BCUT2D eigenvalue weighted by Crippen LogP contribution is 2.24. The van der Waals surface area contributed by atoms with Gasteiger partial charge in [0.15, 0.2) is 11.6 Å². The fourth-order valence-corrected chi connectivity index (χ4v) is 4.07. The van der Waals surface area contributed by atoms with Crippen LogP contribution in [-0.2, 0) is 11.3 Å². The van der Waals surface area contributed by atoms with Crippen molar-refractivity contribution in [2.45, 2.75) is 19.4 Å². The number of benzene rings is 1. The van der Waals surface area contributed by atoms with Crippen molar-refractivity contribution in [1.82, 2.24) is 25.5 Å². The average Bonchev–Trinajstić information content (AvgIpc) is 2.88. The standard InChI is InChI=1S/C25H25N7O/c33-25(28-17-18-3-1-11-26-16-18)19-9-13-32(14-10-19)24-8-7-23(30-31-24)29-21-5-6-22-20(15-21)4-2-12-27-22/h1-8,11-12,15-16,19H,9-10,13-14,17H2,(H,28,33)(H,29,30). The van der Waals surface area contributed by atoms with E-state index in [4.69, 9.17) is 0 Å². The van der Waals surface area contributed by atoms with Crippen LogP contribution < -0.4 is 15.5 Å². The molecule has 0 bridgehead atoms. The van der Waals surface area contributed by atoms with Gasteiger partial charge in [0.25, 0.3) is 0 Å². The van der Waals surface area contributed by atoms with Gasteiger partial charge >= 0.3 is 0 Å². The van der Waals surface area contributed by atoms with E-state index in [0.717, 1.165) is 53.9 Å². The number of hydrogen-bond donors (Lipinski definition) is 2. The van der Waals surface area contributed by atoms with E-state index in [9.17, 15) is 4.79 Å². The Kier molecular flexibility index (Phi) is 6.06. The highest BCUT2D eigenvalue weighted by molar-refractivity contribution is 5.83. The molecule has 0 radical (unpaired) electrons. The molecule has 8 heteroatoms. The van der Waals surface area contributed by atoms with Crippen LogP contribution in [-0.4, -0.2) is 39.2 Å². The molecule has 8 nitrogen and oxygen atoms in total. The van der Waals surface area contributed by atoms with E-state index >= 15 is 0 Å². The molecule has 1 aromatic carbocycles. The fraction of sp³-hybridized carbons (Fsp3) is 0.240. The van der Waals surface area contributed by atoms with Crippen LogP contribution in [0.2, 0.25) is 0 Å². The van der Waals surface area contributed by atoms with E-state index in [2.05, 4.69) is 35.7 Å². The number of rotatable bonds is 6. The minimum atomic E-state index is 0.0224. The summed E-state index contributed by atoms with van der Waals surface area (Å²) in [5.41, 5.74) is 2.90. The molecule has 1 aliphatic rings. The molecule has 1 fully saturated rings. The van der Waals surface area contributed by atoms with Crippen molar-refractivity contribution >= 4 is 34.1 Å². The third-order valence-corrected chi connectivity index (χ3v) is 5.91. The monoisotopic (exact) mass is 439 g/mol. The van der Waals surface area contributed by atoms with Crippen LogP contribution in [0.3, 0.4) is 0 Å². The van der Waals surface area contributed by atoms with Crippen molar-refractivity contribution in [2.75, 3.05) is 23.3 Å². The molecule has 3 aromatic heterocycles. The van der Waals surface area contributed by atoms with Gasteiger partial charge in [-0.2, -0.15) is 0 Å². The molecule has 33 heavy (non-hydrogen) atoms.